The number of halogens is 1. The molecule has 1 aromatic carbocycles. The Morgan fingerprint density at radius 2 is 1.95 bits per heavy atom. The highest BCUT2D eigenvalue weighted by molar-refractivity contribution is 7.15. The van der Waals surface area contributed by atoms with Crippen LogP contribution < -0.4 is 11.1 Å². The maximum Gasteiger partial charge on any atom is 0.226 e. The van der Waals surface area contributed by atoms with E-state index < -0.39 is 0 Å². The minimum atomic E-state index is -0.0175. The highest BCUT2D eigenvalue weighted by Crippen LogP contribution is 2.25. The summed E-state index contributed by atoms with van der Waals surface area (Å²) in [5, 5.41) is 3.52. The first-order chi connectivity index (χ1) is 10.1. The smallest absolute Gasteiger partial charge is 0.226 e. The molecule has 1 aromatic heterocycles. The van der Waals surface area contributed by atoms with Gasteiger partial charge in [0.05, 0.1) is 5.69 Å². The number of nitrogens with zero attached hydrogens (tertiary/aromatic N) is 1. The summed E-state index contributed by atoms with van der Waals surface area (Å²) in [7, 11) is 0. The van der Waals surface area contributed by atoms with Gasteiger partial charge in [0.15, 0.2) is 5.13 Å². The molecule has 120 valence electrons. The molecule has 0 unspecified atom stereocenters. The van der Waals surface area contributed by atoms with Gasteiger partial charge < -0.3 is 11.1 Å². The zero-order valence-electron chi connectivity index (χ0n) is 12.9. The minimum Gasteiger partial charge on any atom is -0.330 e. The van der Waals surface area contributed by atoms with E-state index in [1.54, 1.807) is 11.3 Å². The predicted molar refractivity (Wildman–Crippen MR) is 95.0 cm³/mol. The Labute approximate surface area is 141 Å². The van der Waals surface area contributed by atoms with Crippen molar-refractivity contribution in [3.05, 3.63) is 46.0 Å². The molecule has 1 amide bonds. The fourth-order valence-corrected chi connectivity index (χ4v) is 2.99. The van der Waals surface area contributed by atoms with E-state index in [2.05, 4.69) is 41.5 Å². The van der Waals surface area contributed by atoms with Gasteiger partial charge in [0.25, 0.3) is 0 Å². The molecule has 2 rings (SSSR count). The number of anilines is 1. The van der Waals surface area contributed by atoms with E-state index in [1.807, 2.05) is 6.92 Å². The fraction of sp³-hybridized carbons (Fsp3) is 0.375. The zero-order chi connectivity index (χ0) is 15.2. The summed E-state index contributed by atoms with van der Waals surface area (Å²) in [6.45, 7) is 4.59. The van der Waals surface area contributed by atoms with Crippen molar-refractivity contribution in [2.45, 2.75) is 33.1 Å². The Kier molecular flexibility index (Phi) is 7.51. The molecule has 0 spiro atoms. The van der Waals surface area contributed by atoms with Crippen LogP contribution in [0, 0.1) is 13.8 Å². The fourth-order valence-electron chi connectivity index (χ4n) is 1.98. The summed E-state index contributed by atoms with van der Waals surface area (Å²) in [6.07, 6.45) is 2.00. The number of hydrogen-bond acceptors (Lipinski definition) is 4. The standard InChI is InChI=1S/C16H21N3OS.ClH/c1-11-5-7-13(8-6-11)10-14-12(2)18-16(21-14)19-15(20)4-3-9-17;/h5-8H,3-4,9-10,17H2,1-2H3,(H,18,19,20);1H. The van der Waals surface area contributed by atoms with E-state index in [-0.39, 0.29) is 18.3 Å². The van der Waals surface area contributed by atoms with Crippen LogP contribution in [0.1, 0.15) is 34.5 Å². The van der Waals surface area contributed by atoms with Gasteiger partial charge >= 0.3 is 0 Å². The maximum atomic E-state index is 11.7. The molecule has 0 atom stereocenters. The second-order valence-corrected chi connectivity index (χ2v) is 6.21. The van der Waals surface area contributed by atoms with Gasteiger partial charge in [0.2, 0.25) is 5.91 Å². The molecular weight excluding hydrogens is 318 g/mol. The van der Waals surface area contributed by atoms with Crippen LogP contribution >= 0.6 is 23.7 Å². The summed E-state index contributed by atoms with van der Waals surface area (Å²) >= 11 is 1.55. The van der Waals surface area contributed by atoms with Crippen molar-refractivity contribution in [1.29, 1.82) is 0 Å². The first-order valence-corrected chi connectivity index (χ1v) is 7.92. The van der Waals surface area contributed by atoms with Crippen LogP contribution in [0.5, 0.6) is 0 Å². The normalized spacial score (nSPS) is 10.1. The summed E-state index contributed by atoms with van der Waals surface area (Å²) in [5.41, 5.74) is 8.90. The lowest BCUT2D eigenvalue weighted by Crippen LogP contribution is -2.13. The lowest BCUT2D eigenvalue weighted by Gasteiger charge is -2.00. The van der Waals surface area contributed by atoms with E-state index in [4.69, 9.17) is 5.73 Å². The molecular formula is C16H22ClN3OS. The van der Waals surface area contributed by atoms with Crippen LogP contribution in [-0.4, -0.2) is 17.4 Å². The van der Waals surface area contributed by atoms with Crippen molar-refractivity contribution < 1.29 is 4.79 Å². The number of rotatable bonds is 6. The number of carbonyl (C=O) groups is 1. The quantitative estimate of drug-likeness (QED) is 0.847. The SMILES string of the molecule is Cc1ccc(Cc2sc(NC(=O)CCCN)nc2C)cc1.Cl. The summed E-state index contributed by atoms with van der Waals surface area (Å²) in [5.74, 6) is -0.0175. The van der Waals surface area contributed by atoms with Gasteiger partial charge in [0, 0.05) is 17.7 Å². The Bertz CT molecular complexity index is 610. The molecule has 0 fully saturated rings. The van der Waals surface area contributed by atoms with E-state index in [0.29, 0.717) is 24.5 Å². The Hall–Kier alpha value is -1.43. The van der Waals surface area contributed by atoms with Gasteiger partial charge in [-0.3, -0.25) is 4.79 Å². The third-order valence-electron chi connectivity index (χ3n) is 3.23. The minimum absolute atomic E-state index is 0. The first-order valence-electron chi connectivity index (χ1n) is 7.10. The molecule has 3 N–H and O–H groups in total. The molecule has 0 saturated carbocycles. The number of aryl methyl sites for hydroxylation is 2. The van der Waals surface area contributed by atoms with Crippen LogP contribution in [0.15, 0.2) is 24.3 Å². The van der Waals surface area contributed by atoms with Gasteiger partial charge in [-0.05, 0) is 32.4 Å². The van der Waals surface area contributed by atoms with Crippen molar-refractivity contribution in [2.75, 3.05) is 11.9 Å². The predicted octanol–water partition coefficient (Wildman–Crippen LogP) is 3.45. The molecule has 22 heavy (non-hydrogen) atoms. The van der Waals surface area contributed by atoms with Crippen LogP contribution in [-0.2, 0) is 11.2 Å². The van der Waals surface area contributed by atoms with E-state index in [0.717, 1.165) is 12.1 Å². The van der Waals surface area contributed by atoms with Crippen LogP contribution in [0.2, 0.25) is 0 Å². The second-order valence-electron chi connectivity index (χ2n) is 5.13. The number of hydrogen-bond donors (Lipinski definition) is 2. The molecule has 6 heteroatoms. The number of carbonyl (C=O) groups excluding carboxylic acids is 1. The molecule has 4 nitrogen and oxygen atoms in total. The largest absolute Gasteiger partial charge is 0.330 e. The molecule has 0 saturated heterocycles. The van der Waals surface area contributed by atoms with E-state index >= 15 is 0 Å². The van der Waals surface area contributed by atoms with Crippen molar-refractivity contribution in [3.63, 3.8) is 0 Å². The summed E-state index contributed by atoms with van der Waals surface area (Å²) < 4.78 is 0. The number of aromatic nitrogens is 1. The van der Waals surface area contributed by atoms with Crippen LogP contribution in [0.3, 0.4) is 0 Å². The molecule has 0 radical (unpaired) electrons. The second kappa shape index (κ2) is 8.88. The van der Waals surface area contributed by atoms with Gasteiger partial charge in [-0.1, -0.05) is 29.8 Å². The molecule has 2 aromatic rings. The first kappa shape index (κ1) is 18.6. The molecule has 0 aliphatic rings. The van der Waals surface area contributed by atoms with E-state index in [1.165, 1.54) is 16.0 Å². The molecule has 0 aliphatic carbocycles. The van der Waals surface area contributed by atoms with Gasteiger partial charge in [0.1, 0.15) is 0 Å². The van der Waals surface area contributed by atoms with Crippen LogP contribution in [0.4, 0.5) is 5.13 Å². The van der Waals surface area contributed by atoms with E-state index in [9.17, 15) is 4.79 Å². The number of nitrogens with two attached hydrogens (primary N) is 1. The summed E-state index contributed by atoms with van der Waals surface area (Å²) in [6, 6.07) is 8.49. The topological polar surface area (TPSA) is 68.0 Å². The number of amides is 1. The van der Waals surface area contributed by atoms with Gasteiger partial charge in [-0.15, -0.1) is 23.7 Å². The Morgan fingerprint density at radius 1 is 1.27 bits per heavy atom. The molecule has 0 bridgehead atoms. The van der Waals surface area contributed by atoms with Crippen molar-refractivity contribution >= 4 is 34.8 Å². The number of benzene rings is 1. The average Bonchev–Trinajstić information content (AvgIpc) is 2.79. The Balaban J connectivity index is 0.00000242. The third kappa shape index (κ3) is 5.40. The molecule has 1 heterocycles. The van der Waals surface area contributed by atoms with Crippen LogP contribution in [0.25, 0.3) is 0 Å². The van der Waals surface area contributed by atoms with Crippen molar-refractivity contribution in [2.24, 2.45) is 5.73 Å². The van der Waals surface area contributed by atoms with Crippen molar-refractivity contribution in [3.8, 4) is 0 Å². The lowest BCUT2D eigenvalue weighted by atomic mass is 10.1. The third-order valence-corrected chi connectivity index (χ3v) is 4.31. The summed E-state index contributed by atoms with van der Waals surface area (Å²) in [4.78, 5) is 17.3. The highest BCUT2D eigenvalue weighted by atomic mass is 35.5. The molecule has 0 aliphatic heterocycles. The maximum absolute atomic E-state index is 11.7. The monoisotopic (exact) mass is 339 g/mol. The highest BCUT2D eigenvalue weighted by Gasteiger charge is 2.10. The zero-order valence-corrected chi connectivity index (χ0v) is 14.5. The lowest BCUT2D eigenvalue weighted by molar-refractivity contribution is -0.116. The van der Waals surface area contributed by atoms with Crippen molar-refractivity contribution in [1.82, 2.24) is 4.98 Å². The average molecular weight is 340 g/mol. The van der Waals surface area contributed by atoms with Gasteiger partial charge in [-0.25, -0.2) is 4.98 Å². The number of thiazole rings is 1. The number of nitrogens with one attached hydrogen (secondary N) is 1. The van der Waals surface area contributed by atoms with Gasteiger partial charge in [-0.2, -0.15) is 0 Å². The Morgan fingerprint density at radius 3 is 2.59 bits per heavy atom.